The maximum absolute atomic E-state index is 12.2. The van der Waals surface area contributed by atoms with E-state index in [1.165, 1.54) is 0 Å². The third-order valence-corrected chi connectivity index (χ3v) is 4.01. The van der Waals surface area contributed by atoms with E-state index >= 15 is 0 Å². The fourth-order valence-electron chi connectivity index (χ4n) is 2.70. The fraction of sp³-hybridized carbons (Fsp3) is 0.929. The van der Waals surface area contributed by atoms with Crippen LogP contribution in [-0.4, -0.2) is 99.9 Å². The fourth-order valence-corrected chi connectivity index (χ4v) is 2.70. The van der Waals surface area contributed by atoms with Gasteiger partial charge in [0.05, 0.1) is 19.8 Å². The van der Waals surface area contributed by atoms with E-state index in [-0.39, 0.29) is 5.91 Å². The monoisotopic (exact) mass is 285 g/mol. The summed E-state index contributed by atoms with van der Waals surface area (Å²) in [5.41, 5.74) is 0. The van der Waals surface area contributed by atoms with E-state index in [1.807, 2.05) is 4.90 Å². The van der Waals surface area contributed by atoms with Gasteiger partial charge in [-0.1, -0.05) is 0 Å². The van der Waals surface area contributed by atoms with E-state index in [2.05, 4.69) is 9.80 Å². The predicted molar refractivity (Wildman–Crippen MR) is 76.8 cm³/mol. The number of piperazine rings is 1. The Morgan fingerprint density at radius 2 is 1.75 bits per heavy atom. The minimum atomic E-state index is 0.267. The summed E-state index contributed by atoms with van der Waals surface area (Å²) in [5.74, 6) is 0.267. The summed E-state index contributed by atoms with van der Waals surface area (Å²) in [7, 11) is 1.74. The third kappa shape index (κ3) is 5.01. The van der Waals surface area contributed by atoms with Gasteiger partial charge in [-0.3, -0.25) is 14.6 Å². The van der Waals surface area contributed by atoms with Crippen LogP contribution >= 0.6 is 0 Å². The van der Waals surface area contributed by atoms with Crippen molar-refractivity contribution in [1.29, 1.82) is 0 Å². The highest BCUT2D eigenvalue weighted by Gasteiger charge is 2.23. The van der Waals surface area contributed by atoms with Gasteiger partial charge < -0.3 is 14.4 Å². The summed E-state index contributed by atoms with van der Waals surface area (Å²) in [6, 6.07) is 0. The van der Waals surface area contributed by atoms with Gasteiger partial charge in [0.1, 0.15) is 0 Å². The largest absolute Gasteiger partial charge is 0.385 e. The Labute approximate surface area is 121 Å². The van der Waals surface area contributed by atoms with Gasteiger partial charge in [0.25, 0.3) is 0 Å². The zero-order chi connectivity index (χ0) is 14.2. The van der Waals surface area contributed by atoms with E-state index in [0.717, 1.165) is 72.1 Å². The quantitative estimate of drug-likeness (QED) is 0.616. The SMILES string of the molecule is COCCCN1CCN(C(=O)CN2CCOCC2)CC1. The molecule has 2 aliphatic heterocycles. The van der Waals surface area contributed by atoms with Crippen molar-refractivity contribution in [3.63, 3.8) is 0 Å². The number of amides is 1. The van der Waals surface area contributed by atoms with E-state index in [4.69, 9.17) is 9.47 Å². The van der Waals surface area contributed by atoms with Gasteiger partial charge in [-0.15, -0.1) is 0 Å². The molecule has 0 aromatic rings. The molecule has 1 amide bonds. The summed E-state index contributed by atoms with van der Waals surface area (Å²) >= 11 is 0. The van der Waals surface area contributed by atoms with Gasteiger partial charge in [0, 0.05) is 59.5 Å². The van der Waals surface area contributed by atoms with E-state index < -0.39 is 0 Å². The maximum atomic E-state index is 12.2. The molecular formula is C14H27N3O3. The summed E-state index contributed by atoms with van der Waals surface area (Å²) in [5, 5.41) is 0. The molecule has 2 rings (SSSR count). The second-order valence-electron chi connectivity index (χ2n) is 5.46. The van der Waals surface area contributed by atoms with Crippen LogP contribution in [0.5, 0.6) is 0 Å². The first-order valence-electron chi connectivity index (χ1n) is 7.59. The Balaban J connectivity index is 1.63. The lowest BCUT2D eigenvalue weighted by atomic mass is 10.2. The topological polar surface area (TPSA) is 45.2 Å². The molecule has 0 unspecified atom stereocenters. The van der Waals surface area contributed by atoms with Crippen LogP contribution in [0, 0.1) is 0 Å². The van der Waals surface area contributed by atoms with Crippen LogP contribution in [0.4, 0.5) is 0 Å². The number of rotatable bonds is 6. The van der Waals surface area contributed by atoms with Crippen LogP contribution in [0.25, 0.3) is 0 Å². The minimum absolute atomic E-state index is 0.267. The number of hydrogen-bond acceptors (Lipinski definition) is 5. The Morgan fingerprint density at radius 1 is 1.05 bits per heavy atom. The van der Waals surface area contributed by atoms with Crippen molar-refractivity contribution >= 4 is 5.91 Å². The Bertz CT molecular complexity index is 287. The van der Waals surface area contributed by atoms with Crippen LogP contribution in [-0.2, 0) is 14.3 Å². The summed E-state index contributed by atoms with van der Waals surface area (Å²) in [6.45, 7) is 9.37. The first kappa shape index (κ1) is 15.7. The number of methoxy groups -OCH3 is 1. The molecule has 2 heterocycles. The Hall–Kier alpha value is -0.690. The average Bonchev–Trinajstić information content (AvgIpc) is 2.49. The Morgan fingerprint density at radius 3 is 2.40 bits per heavy atom. The van der Waals surface area contributed by atoms with Crippen molar-refractivity contribution in [2.45, 2.75) is 6.42 Å². The number of carbonyl (C=O) groups excluding carboxylic acids is 1. The van der Waals surface area contributed by atoms with Crippen molar-refractivity contribution < 1.29 is 14.3 Å². The Kier molecular flexibility index (Phi) is 6.72. The van der Waals surface area contributed by atoms with Crippen LogP contribution in [0.2, 0.25) is 0 Å². The number of carbonyl (C=O) groups is 1. The lowest BCUT2D eigenvalue weighted by molar-refractivity contribution is -0.135. The second kappa shape index (κ2) is 8.56. The summed E-state index contributed by atoms with van der Waals surface area (Å²) in [4.78, 5) is 18.8. The lowest BCUT2D eigenvalue weighted by Gasteiger charge is -2.36. The molecule has 0 N–H and O–H groups in total. The van der Waals surface area contributed by atoms with Crippen LogP contribution in [0.15, 0.2) is 0 Å². The number of morpholine rings is 1. The zero-order valence-corrected chi connectivity index (χ0v) is 12.6. The van der Waals surface area contributed by atoms with Gasteiger partial charge in [-0.25, -0.2) is 0 Å². The molecule has 2 aliphatic rings. The summed E-state index contributed by atoms with van der Waals surface area (Å²) < 4.78 is 10.4. The van der Waals surface area contributed by atoms with Gasteiger partial charge >= 0.3 is 0 Å². The van der Waals surface area contributed by atoms with Crippen LogP contribution < -0.4 is 0 Å². The molecule has 0 aromatic carbocycles. The standard InChI is InChI=1S/C14H27N3O3/c1-19-10-2-3-15-4-6-17(7-5-15)14(18)13-16-8-11-20-12-9-16/h2-13H2,1H3. The number of ether oxygens (including phenoxy) is 2. The van der Waals surface area contributed by atoms with Crippen LogP contribution in [0.1, 0.15) is 6.42 Å². The molecule has 6 heteroatoms. The molecular weight excluding hydrogens is 258 g/mol. The zero-order valence-electron chi connectivity index (χ0n) is 12.6. The highest BCUT2D eigenvalue weighted by atomic mass is 16.5. The molecule has 2 fully saturated rings. The van der Waals surface area contributed by atoms with E-state index in [9.17, 15) is 4.79 Å². The van der Waals surface area contributed by atoms with Crippen molar-refractivity contribution in [2.24, 2.45) is 0 Å². The van der Waals surface area contributed by atoms with Crippen LogP contribution in [0.3, 0.4) is 0 Å². The normalized spacial score (nSPS) is 22.1. The van der Waals surface area contributed by atoms with Crippen molar-refractivity contribution in [1.82, 2.24) is 14.7 Å². The van der Waals surface area contributed by atoms with Crippen molar-refractivity contribution in [3.8, 4) is 0 Å². The van der Waals surface area contributed by atoms with E-state index in [0.29, 0.717) is 6.54 Å². The molecule has 0 saturated carbocycles. The predicted octanol–water partition coefficient (Wildman–Crippen LogP) is -0.501. The molecule has 20 heavy (non-hydrogen) atoms. The number of nitrogens with zero attached hydrogens (tertiary/aromatic N) is 3. The molecule has 0 atom stereocenters. The highest BCUT2D eigenvalue weighted by Crippen LogP contribution is 2.05. The molecule has 0 radical (unpaired) electrons. The second-order valence-corrected chi connectivity index (χ2v) is 5.46. The molecule has 6 nitrogen and oxygen atoms in total. The molecule has 2 saturated heterocycles. The van der Waals surface area contributed by atoms with Crippen molar-refractivity contribution in [3.05, 3.63) is 0 Å². The average molecular weight is 285 g/mol. The molecule has 0 aliphatic carbocycles. The van der Waals surface area contributed by atoms with Gasteiger partial charge in [-0.2, -0.15) is 0 Å². The van der Waals surface area contributed by atoms with E-state index in [1.54, 1.807) is 7.11 Å². The smallest absolute Gasteiger partial charge is 0.236 e. The molecule has 116 valence electrons. The first-order valence-corrected chi connectivity index (χ1v) is 7.59. The molecule has 0 aromatic heterocycles. The molecule has 0 spiro atoms. The number of hydrogen-bond donors (Lipinski definition) is 0. The third-order valence-electron chi connectivity index (χ3n) is 4.01. The van der Waals surface area contributed by atoms with Gasteiger partial charge in [-0.05, 0) is 6.42 Å². The molecule has 0 bridgehead atoms. The summed E-state index contributed by atoms with van der Waals surface area (Å²) in [6.07, 6.45) is 1.07. The minimum Gasteiger partial charge on any atom is -0.385 e. The lowest BCUT2D eigenvalue weighted by Crippen LogP contribution is -2.52. The van der Waals surface area contributed by atoms with Gasteiger partial charge in [0.2, 0.25) is 5.91 Å². The first-order chi connectivity index (χ1) is 9.79. The highest BCUT2D eigenvalue weighted by molar-refractivity contribution is 5.78. The maximum Gasteiger partial charge on any atom is 0.236 e. The van der Waals surface area contributed by atoms with Gasteiger partial charge in [0.15, 0.2) is 0 Å². The van der Waals surface area contributed by atoms with Crippen molar-refractivity contribution in [2.75, 3.05) is 79.3 Å².